The van der Waals surface area contributed by atoms with E-state index in [0.29, 0.717) is 24.2 Å². The number of unbranched alkanes of at least 4 members (excludes halogenated alkanes) is 1. The van der Waals surface area contributed by atoms with Crippen molar-refractivity contribution in [3.8, 4) is 0 Å². The van der Waals surface area contributed by atoms with Gasteiger partial charge < -0.3 is 15.5 Å². The first-order valence-corrected chi connectivity index (χ1v) is 13.7. The lowest BCUT2D eigenvalue weighted by atomic mass is 9.88. The molecule has 2 aliphatic rings. The average Bonchev–Trinajstić information content (AvgIpc) is 2.93. The Labute approximate surface area is 219 Å². The maximum Gasteiger partial charge on any atom is 0.253 e. The highest BCUT2D eigenvalue weighted by Crippen LogP contribution is 2.23. The first-order valence-electron chi connectivity index (χ1n) is 13.7. The van der Waals surface area contributed by atoms with E-state index < -0.39 is 0 Å². The van der Waals surface area contributed by atoms with E-state index in [2.05, 4.69) is 17.6 Å². The van der Waals surface area contributed by atoms with Crippen molar-refractivity contribution in [3.05, 3.63) is 71.0 Å². The van der Waals surface area contributed by atoms with Crippen molar-refractivity contribution in [1.29, 1.82) is 0 Å². The number of amides is 3. The summed E-state index contributed by atoms with van der Waals surface area (Å²) in [5.74, 6) is -0.997. The predicted octanol–water partition coefficient (Wildman–Crippen LogP) is 4.88. The van der Waals surface area contributed by atoms with Crippen molar-refractivity contribution in [2.75, 3.05) is 13.1 Å². The minimum atomic E-state index is -0.386. The van der Waals surface area contributed by atoms with Gasteiger partial charge >= 0.3 is 0 Å². The molecular weight excluding hydrogens is 469 g/mol. The fourth-order valence-corrected chi connectivity index (χ4v) is 5.38. The molecule has 37 heavy (non-hydrogen) atoms. The monoisotopic (exact) mass is 507 g/mol. The van der Waals surface area contributed by atoms with Crippen molar-refractivity contribution in [2.24, 2.45) is 5.92 Å². The summed E-state index contributed by atoms with van der Waals surface area (Å²) < 4.78 is 13.2. The van der Waals surface area contributed by atoms with Gasteiger partial charge in [-0.3, -0.25) is 14.4 Å². The summed E-state index contributed by atoms with van der Waals surface area (Å²) in [7, 11) is 0. The van der Waals surface area contributed by atoms with Gasteiger partial charge in [0.05, 0.1) is 5.92 Å². The largest absolute Gasteiger partial charge is 0.351 e. The van der Waals surface area contributed by atoms with Crippen LogP contribution in [0.5, 0.6) is 0 Å². The molecule has 0 unspecified atom stereocenters. The zero-order chi connectivity index (χ0) is 26.2. The molecule has 4 rings (SSSR count). The van der Waals surface area contributed by atoms with Crippen LogP contribution in [-0.2, 0) is 11.2 Å². The summed E-state index contributed by atoms with van der Waals surface area (Å²) in [6, 6.07) is 13.0. The molecule has 198 valence electrons. The third-order valence-corrected chi connectivity index (χ3v) is 7.62. The number of benzene rings is 2. The van der Waals surface area contributed by atoms with Crippen LogP contribution in [0.4, 0.5) is 4.39 Å². The molecule has 0 aromatic heterocycles. The molecule has 3 amide bonds. The molecule has 0 spiro atoms. The van der Waals surface area contributed by atoms with E-state index in [1.807, 2.05) is 24.3 Å². The molecule has 1 saturated heterocycles. The van der Waals surface area contributed by atoms with E-state index in [1.54, 1.807) is 4.90 Å². The molecule has 1 aliphatic carbocycles. The molecule has 0 radical (unpaired) electrons. The second kappa shape index (κ2) is 12.8. The molecule has 1 saturated carbocycles. The predicted molar refractivity (Wildman–Crippen MR) is 142 cm³/mol. The lowest BCUT2D eigenvalue weighted by molar-refractivity contribution is -0.127. The number of carbonyl (C=O) groups is 3. The van der Waals surface area contributed by atoms with Gasteiger partial charge in [0.25, 0.3) is 11.8 Å². The van der Waals surface area contributed by atoms with Crippen LogP contribution >= 0.6 is 0 Å². The third-order valence-electron chi connectivity index (χ3n) is 7.62. The topological polar surface area (TPSA) is 78.5 Å². The summed E-state index contributed by atoms with van der Waals surface area (Å²) in [5.41, 5.74) is 2.30. The minimum absolute atomic E-state index is 0.0263. The fraction of sp³-hybridized carbons (Fsp3) is 0.500. The number of nitrogens with zero attached hydrogens (tertiary/aromatic N) is 1. The summed E-state index contributed by atoms with van der Waals surface area (Å²) in [4.78, 5) is 40.9. The van der Waals surface area contributed by atoms with E-state index in [1.165, 1.54) is 29.8 Å². The van der Waals surface area contributed by atoms with E-state index in [9.17, 15) is 18.8 Å². The van der Waals surface area contributed by atoms with Crippen LogP contribution in [-0.4, -0.2) is 47.8 Å². The second-order valence-corrected chi connectivity index (χ2v) is 10.4. The van der Waals surface area contributed by atoms with E-state index in [-0.39, 0.29) is 41.5 Å². The number of nitrogens with one attached hydrogen (secondary N) is 2. The standard InChI is InChI=1S/C30H38FN3O3/c1-2-3-7-21-11-13-23(14-12-21)30(37)34-19-6-8-24(20-34)29(36)33-27-10-5-4-9-26(27)32-28(35)22-15-17-25(31)18-16-22/h11-18,24,26-27H,2-10,19-20H2,1H3,(H,32,35)(H,33,36)/t24-,26-,27-/m1/s1. The first-order chi connectivity index (χ1) is 17.9. The zero-order valence-electron chi connectivity index (χ0n) is 21.7. The van der Waals surface area contributed by atoms with Crippen molar-refractivity contribution in [2.45, 2.75) is 76.8 Å². The highest BCUT2D eigenvalue weighted by molar-refractivity contribution is 5.95. The molecule has 7 heteroatoms. The third kappa shape index (κ3) is 7.18. The highest BCUT2D eigenvalue weighted by atomic mass is 19.1. The van der Waals surface area contributed by atoms with Gasteiger partial charge in [0.1, 0.15) is 5.82 Å². The van der Waals surface area contributed by atoms with Gasteiger partial charge in [0.2, 0.25) is 5.91 Å². The Morgan fingerprint density at radius 2 is 1.51 bits per heavy atom. The Morgan fingerprint density at radius 3 is 2.19 bits per heavy atom. The van der Waals surface area contributed by atoms with Gasteiger partial charge in [-0.05, 0) is 80.5 Å². The molecular formula is C30H38FN3O3. The smallest absolute Gasteiger partial charge is 0.253 e. The van der Waals surface area contributed by atoms with Gasteiger partial charge in [0, 0.05) is 36.3 Å². The van der Waals surface area contributed by atoms with Gasteiger partial charge in [-0.2, -0.15) is 0 Å². The zero-order valence-corrected chi connectivity index (χ0v) is 21.7. The van der Waals surface area contributed by atoms with Gasteiger partial charge in [-0.25, -0.2) is 4.39 Å². The Bertz CT molecular complexity index is 1070. The normalized spacial score (nSPS) is 21.8. The molecule has 6 nitrogen and oxygen atoms in total. The number of halogens is 1. The fourth-order valence-electron chi connectivity index (χ4n) is 5.38. The van der Waals surface area contributed by atoms with Crippen LogP contribution in [0.1, 0.15) is 84.6 Å². The number of rotatable bonds is 8. The van der Waals surface area contributed by atoms with Crippen LogP contribution in [0.25, 0.3) is 0 Å². The molecule has 1 heterocycles. The Hall–Kier alpha value is -3.22. The number of hydrogen-bond donors (Lipinski definition) is 2. The average molecular weight is 508 g/mol. The van der Waals surface area contributed by atoms with Crippen molar-refractivity contribution < 1.29 is 18.8 Å². The minimum Gasteiger partial charge on any atom is -0.351 e. The van der Waals surface area contributed by atoms with Gasteiger partial charge in [0.15, 0.2) is 0 Å². The molecule has 1 aliphatic heterocycles. The van der Waals surface area contributed by atoms with Gasteiger partial charge in [-0.1, -0.05) is 38.3 Å². The first kappa shape index (κ1) is 26.8. The van der Waals surface area contributed by atoms with Crippen LogP contribution in [0.3, 0.4) is 0 Å². The maximum atomic E-state index is 13.3. The number of piperidine rings is 1. The van der Waals surface area contributed by atoms with Crippen LogP contribution in [0.2, 0.25) is 0 Å². The Kier molecular flexibility index (Phi) is 9.31. The Morgan fingerprint density at radius 1 is 0.865 bits per heavy atom. The van der Waals surface area contributed by atoms with Crippen molar-refractivity contribution >= 4 is 17.7 Å². The second-order valence-electron chi connectivity index (χ2n) is 10.4. The molecule has 2 fully saturated rings. The SMILES string of the molecule is CCCCc1ccc(C(=O)N2CCC[C@@H](C(=O)N[C@@H]3CCCC[C@H]3NC(=O)c3ccc(F)cc3)C2)cc1. The van der Waals surface area contributed by atoms with Crippen molar-refractivity contribution in [1.82, 2.24) is 15.5 Å². The van der Waals surface area contributed by atoms with E-state index in [4.69, 9.17) is 0 Å². The number of carbonyl (C=O) groups excluding carboxylic acids is 3. The number of aryl methyl sites for hydroxylation is 1. The van der Waals surface area contributed by atoms with Gasteiger partial charge in [-0.15, -0.1) is 0 Å². The number of hydrogen-bond acceptors (Lipinski definition) is 3. The summed E-state index contributed by atoms with van der Waals surface area (Å²) in [6.07, 6.45) is 8.35. The number of likely N-dealkylation sites (tertiary alicyclic amines) is 1. The maximum absolute atomic E-state index is 13.3. The van der Waals surface area contributed by atoms with E-state index in [0.717, 1.165) is 57.8 Å². The summed E-state index contributed by atoms with van der Waals surface area (Å²) in [5, 5.41) is 6.22. The molecule has 3 atom stereocenters. The van der Waals surface area contributed by atoms with Crippen LogP contribution in [0.15, 0.2) is 48.5 Å². The summed E-state index contributed by atoms with van der Waals surface area (Å²) >= 11 is 0. The summed E-state index contributed by atoms with van der Waals surface area (Å²) in [6.45, 7) is 3.22. The van der Waals surface area contributed by atoms with E-state index >= 15 is 0 Å². The quantitative estimate of drug-likeness (QED) is 0.535. The molecule has 2 N–H and O–H groups in total. The lowest BCUT2D eigenvalue weighted by Gasteiger charge is -2.36. The highest BCUT2D eigenvalue weighted by Gasteiger charge is 2.33. The van der Waals surface area contributed by atoms with Crippen molar-refractivity contribution in [3.63, 3.8) is 0 Å². The van der Waals surface area contributed by atoms with Crippen LogP contribution in [0, 0.1) is 11.7 Å². The Balaban J connectivity index is 1.33. The molecule has 2 aromatic rings. The molecule has 2 aromatic carbocycles. The van der Waals surface area contributed by atoms with Crippen LogP contribution < -0.4 is 10.6 Å². The lowest BCUT2D eigenvalue weighted by Crippen LogP contribution is -2.55. The molecule has 0 bridgehead atoms.